The summed E-state index contributed by atoms with van der Waals surface area (Å²) in [5.41, 5.74) is 10.6. The number of nitrogens with two attached hydrogens (primary N) is 1. The number of aromatic amines is 1. The zero-order chi connectivity index (χ0) is 28.1. The lowest BCUT2D eigenvalue weighted by molar-refractivity contribution is -0.117. The van der Waals surface area contributed by atoms with Crippen LogP contribution in [0.1, 0.15) is 36.3 Å². The average molecular weight is 562 g/mol. The number of nitrogens with zero attached hydrogens (tertiary/aromatic N) is 1. The molecule has 1 aliphatic heterocycles. The van der Waals surface area contributed by atoms with Crippen molar-refractivity contribution < 1.29 is 22.7 Å². The van der Waals surface area contributed by atoms with Crippen molar-refractivity contribution in [1.29, 1.82) is 0 Å². The molecule has 0 spiro atoms. The molecule has 5 rings (SSSR count). The molecule has 0 atom stereocenters. The van der Waals surface area contributed by atoms with Gasteiger partial charge in [0.1, 0.15) is 11.5 Å². The van der Waals surface area contributed by atoms with Crippen LogP contribution in [0.3, 0.4) is 0 Å². The molecule has 3 N–H and O–H groups in total. The van der Waals surface area contributed by atoms with Gasteiger partial charge in [-0.1, -0.05) is 36.4 Å². The number of fused-ring (bicyclic) bond motifs is 1. The Morgan fingerprint density at radius 1 is 1.00 bits per heavy atom. The van der Waals surface area contributed by atoms with Gasteiger partial charge in [-0.2, -0.15) is 0 Å². The predicted octanol–water partition coefficient (Wildman–Crippen LogP) is 4.85. The van der Waals surface area contributed by atoms with Crippen molar-refractivity contribution in [2.45, 2.75) is 31.6 Å². The smallest absolute Gasteiger partial charge is 0.221 e. The summed E-state index contributed by atoms with van der Waals surface area (Å²) in [6, 6.07) is 21.5. The van der Waals surface area contributed by atoms with Crippen LogP contribution in [0.2, 0.25) is 0 Å². The van der Waals surface area contributed by atoms with Gasteiger partial charge in [-0.25, -0.2) is 12.7 Å². The highest BCUT2D eigenvalue weighted by Crippen LogP contribution is 2.37. The van der Waals surface area contributed by atoms with E-state index in [0.29, 0.717) is 37.6 Å². The maximum Gasteiger partial charge on any atom is 0.221 e. The van der Waals surface area contributed by atoms with Crippen molar-refractivity contribution in [2.24, 2.45) is 5.73 Å². The van der Waals surface area contributed by atoms with Gasteiger partial charge in [0.25, 0.3) is 0 Å². The molecular formula is C31H35N3O5S. The average Bonchev–Trinajstić information content (AvgIpc) is 3.40. The number of aromatic nitrogens is 1. The Balaban J connectivity index is 1.25. The van der Waals surface area contributed by atoms with E-state index in [4.69, 9.17) is 15.2 Å². The second-order valence-electron chi connectivity index (χ2n) is 10.2. The fraction of sp³-hybridized carbons (Fsp3) is 0.323. The molecule has 2 heterocycles. The molecule has 1 aliphatic rings. The monoisotopic (exact) mass is 561 g/mol. The molecule has 0 unspecified atom stereocenters. The van der Waals surface area contributed by atoms with E-state index >= 15 is 0 Å². The largest absolute Gasteiger partial charge is 0.497 e. The number of H-pyrrole nitrogens is 1. The zero-order valence-electron chi connectivity index (χ0n) is 22.6. The first-order chi connectivity index (χ1) is 19.3. The summed E-state index contributed by atoms with van der Waals surface area (Å²) in [7, 11) is -1.78. The van der Waals surface area contributed by atoms with E-state index < -0.39 is 10.0 Å². The third-order valence-corrected chi connectivity index (χ3v) is 9.48. The molecule has 1 fully saturated rings. The third-order valence-electron chi connectivity index (χ3n) is 7.52. The summed E-state index contributed by atoms with van der Waals surface area (Å²) in [6.45, 7) is 1.27. The first-order valence-electron chi connectivity index (χ1n) is 13.6. The molecule has 4 aromatic rings. The Morgan fingerprint density at radius 2 is 1.75 bits per heavy atom. The first kappa shape index (κ1) is 27.7. The van der Waals surface area contributed by atoms with E-state index in [1.54, 1.807) is 17.5 Å². The number of nitrogens with one attached hydrogen (secondary N) is 1. The van der Waals surface area contributed by atoms with Crippen molar-refractivity contribution in [2.75, 3.05) is 32.6 Å². The van der Waals surface area contributed by atoms with Gasteiger partial charge < -0.3 is 20.2 Å². The maximum absolute atomic E-state index is 13.1. The predicted molar refractivity (Wildman–Crippen MR) is 157 cm³/mol. The summed E-state index contributed by atoms with van der Waals surface area (Å²) < 4.78 is 38.6. The van der Waals surface area contributed by atoms with E-state index in [0.717, 1.165) is 46.0 Å². The molecule has 1 amide bonds. The number of carbonyl (C=O) groups is 1. The summed E-state index contributed by atoms with van der Waals surface area (Å²) in [5, 5.41) is 1.06. The highest BCUT2D eigenvalue weighted by molar-refractivity contribution is 7.89. The van der Waals surface area contributed by atoms with Gasteiger partial charge in [0.15, 0.2) is 0 Å². The van der Waals surface area contributed by atoms with Crippen LogP contribution in [0.4, 0.5) is 0 Å². The number of methoxy groups -OCH3 is 1. The molecule has 9 heteroatoms. The molecule has 8 nitrogen and oxygen atoms in total. The molecule has 0 bridgehead atoms. The number of benzene rings is 3. The van der Waals surface area contributed by atoms with E-state index in [1.807, 2.05) is 60.8 Å². The number of hydrogen-bond donors (Lipinski definition) is 2. The van der Waals surface area contributed by atoms with Gasteiger partial charge in [0.2, 0.25) is 15.9 Å². The number of amides is 1. The Morgan fingerprint density at radius 3 is 2.48 bits per heavy atom. The fourth-order valence-corrected chi connectivity index (χ4v) is 6.99. The van der Waals surface area contributed by atoms with Crippen molar-refractivity contribution in [1.82, 2.24) is 9.29 Å². The Labute approximate surface area is 235 Å². The number of ether oxygens (including phenoxy) is 2. The van der Waals surface area contributed by atoms with Crippen molar-refractivity contribution >= 4 is 26.8 Å². The number of piperidine rings is 1. The van der Waals surface area contributed by atoms with Crippen LogP contribution >= 0.6 is 0 Å². The van der Waals surface area contributed by atoms with Crippen LogP contribution in [0.5, 0.6) is 11.5 Å². The van der Waals surface area contributed by atoms with Crippen LogP contribution < -0.4 is 15.2 Å². The van der Waals surface area contributed by atoms with Gasteiger partial charge in [0.05, 0.1) is 25.9 Å². The molecular weight excluding hydrogens is 526 g/mol. The van der Waals surface area contributed by atoms with E-state index in [9.17, 15) is 13.2 Å². The zero-order valence-corrected chi connectivity index (χ0v) is 23.5. The van der Waals surface area contributed by atoms with Crippen LogP contribution in [-0.2, 0) is 21.2 Å². The minimum Gasteiger partial charge on any atom is -0.497 e. The Kier molecular flexibility index (Phi) is 8.42. The molecule has 210 valence electrons. The van der Waals surface area contributed by atoms with Gasteiger partial charge in [-0.3, -0.25) is 4.79 Å². The highest BCUT2D eigenvalue weighted by atomic mass is 32.2. The number of carbonyl (C=O) groups excluding carboxylic acids is 1. The van der Waals surface area contributed by atoms with Crippen LogP contribution in [0.25, 0.3) is 22.0 Å². The first-order valence-corrected chi connectivity index (χ1v) is 15.2. The topological polar surface area (TPSA) is 115 Å². The van der Waals surface area contributed by atoms with Crippen LogP contribution in [0, 0.1) is 0 Å². The van der Waals surface area contributed by atoms with Gasteiger partial charge >= 0.3 is 0 Å². The number of rotatable bonds is 11. The summed E-state index contributed by atoms with van der Waals surface area (Å²) in [6.07, 6.45) is 4.03. The highest BCUT2D eigenvalue weighted by Gasteiger charge is 2.30. The summed E-state index contributed by atoms with van der Waals surface area (Å²) >= 11 is 0. The Bertz CT molecular complexity index is 1580. The number of hydrogen-bond acceptors (Lipinski definition) is 5. The van der Waals surface area contributed by atoms with Gasteiger partial charge in [-0.15, -0.1) is 0 Å². The molecule has 1 saturated heterocycles. The van der Waals surface area contributed by atoms with Crippen molar-refractivity contribution in [3.63, 3.8) is 0 Å². The molecule has 0 radical (unpaired) electrons. The normalized spacial score (nSPS) is 14.8. The molecule has 1 aromatic heterocycles. The lowest BCUT2D eigenvalue weighted by atomic mass is 9.88. The minimum absolute atomic E-state index is 0.0473. The van der Waals surface area contributed by atoms with Gasteiger partial charge in [-0.05, 0) is 71.7 Å². The quantitative estimate of drug-likeness (QED) is 0.254. The molecule has 3 aromatic carbocycles. The van der Waals surface area contributed by atoms with Crippen LogP contribution in [0.15, 0.2) is 72.9 Å². The van der Waals surface area contributed by atoms with Gasteiger partial charge in [0, 0.05) is 36.3 Å². The fourth-order valence-electron chi connectivity index (χ4n) is 5.49. The van der Waals surface area contributed by atoms with E-state index in [2.05, 4.69) is 11.1 Å². The van der Waals surface area contributed by atoms with Crippen molar-refractivity contribution in [3.05, 3.63) is 84.1 Å². The summed E-state index contributed by atoms with van der Waals surface area (Å²) in [5.74, 6) is 1.24. The number of primary amides is 1. The van der Waals surface area contributed by atoms with E-state index in [-0.39, 0.29) is 24.0 Å². The molecule has 40 heavy (non-hydrogen) atoms. The second kappa shape index (κ2) is 12.1. The third kappa shape index (κ3) is 6.32. The molecule has 0 aliphatic carbocycles. The Hall–Kier alpha value is -3.82. The van der Waals surface area contributed by atoms with Crippen molar-refractivity contribution in [3.8, 4) is 22.6 Å². The minimum atomic E-state index is -3.38. The summed E-state index contributed by atoms with van der Waals surface area (Å²) in [4.78, 5) is 15.2. The SMILES string of the molecule is COc1cccc(OCCCS(=O)(=O)N2CCC(c3c[nH]c4c(CC(N)=O)cc(-c5ccccc5)cc34)CC2)c1. The maximum atomic E-state index is 13.1. The van der Waals surface area contributed by atoms with Crippen LogP contribution in [-0.4, -0.2) is 56.2 Å². The lowest BCUT2D eigenvalue weighted by Gasteiger charge is -2.31. The second-order valence-corrected chi connectivity index (χ2v) is 12.3. The standard InChI is InChI=1S/C31H35N3O5S/c1-38-26-9-5-10-27(20-26)39-15-6-16-40(36,37)34-13-11-23(12-14-34)29-21-33-31-25(19-30(32)35)17-24(18-28(29)31)22-7-3-2-4-8-22/h2-5,7-10,17-18,20-21,23,33H,6,11-16,19H2,1H3,(H2,32,35). The lowest BCUT2D eigenvalue weighted by Crippen LogP contribution is -2.39. The molecule has 0 saturated carbocycles. The van der Waals surface area contributed by atoms with E-state index in [1.165, 1.54) is 0 Å². The number of sulfonamides is 1.